The number of amides is 1. The van der Waals surface area contributed by atoms with Crippen LogP contribution in [0.25, 0.3) is 0 Å². The third kappa shape index (κ3) is 5.34. The van der Waals surface area contributed by atoms with E-state index in [1.807, 2.05) is 18.2 Å². The zero-order chi connectivity index (χ0) is 15.4. The van der Waals surface area contributed by atoms with Crippen molar-refractivity contribution in [3.63, 3.8) is 0 Å². The lowest BCUT2D eigenvalue weighted by Gasteiger charge is -2.27. The molecule has 22 heavy (non-hydrogen) atoms. The van der Waals surface area contributed by atoms with Crippen molar-refractivity contribution in [2.45, 2.75) is 49.8 Å². The maximum Gasteiger partial charge on any atom is 0.227 e. The third-order valence-corrected chi connectivity index (χ3v) is 5.15. The molecule has 0 radical (unpaired) electrons. The van der Waals surface area contributed by atoms with Crippen molar-refractivity contribution >= 4 is 47.4 Å². The van der Waals surface area contributed by atoms with Gasteiger partial charge < -0.3 is 10.6 Å². The van der Waals surface area contributed by atoms with Crippen LogP contribution in [0.4, 0.5) is 5.69 Å². The molecule has 1 saturated heterocycles. The van der Waals surface area contributed by atoms with E-state index < -0.39 is 0 Å². The number of hydrogen-bond acceptors (Lipinski definition) is 3. The van der Waals surface area contributed by atoms with E-state index >= 15 is 0 Å². The Morgan fingerprint density at radius 2 is 2.18 bits per heavy atom. The first-order chi connectivity index (χ1) is 9.97. The fourth-order valence-electron chi connectivity index (χ4n) is 2.57. The highest BCUT2D eigenvalue weighted by Crippen LogP contribution is 2.37. The van der Waals surface area contributed by atoms with Crippen molar-refractivity contribution in [1.82, 2.24) is 5.32 Å². The van der Waals surface area contributed by atoms with Gasteiger partial charge in [0.2, 0.25) is 5.91 Å². The van der Waals surface area contributed by atoms with Crippen molar-refractivity contribution in [3.8, 4) is 0 Å². The fraction of sp³-hybridized carbons (Fsp3) is 0.562. The van der Waals surface area contributed by atoms with Gasteiger partial charge in [0.05, 0.1) is 10.7 Å². The molecule has 1 heterocycles. The Hall–Kier alpha value is -0.420. The second kappa shape index (κ2) is 9.02. The molecule has 2 N–H and O–H groups in total. The Labute approximate surface area is 148 Å². The third-order valence-electron chi connectivity index (χ3n) is 3.57. The van der Waals surface area contributed by atoms with Crippen LogP contribution in [0.2, 0.25) is 5.02 Å². The van der Waals surface area contributed by atoms with E-state index in [1.165, 1.54) is 0 Å². The number of nitrogens with one attached hydrogen (secondary N) is 2. The molecular formula is C16H24Cl2N2OS. The lowest BCUT2D eigenvalue weighted by molar-refractivity contribution is -0.120. The Morgan fingerprint density at radius 1 is 1.45 bits per heavy atom. The molecule has 0 unspecified atom stereocenters. The maximum absolute atomic E-state index is 12.5. The van der Waals surface area contributed by atoms with E-state index in [0.29, 0.717) is 16.3 Å². The summed E-state index contributed by atoms with van der Waals surface area (Å²) in [6, 6.07) is 6.08. The minimum absolute atomic E-state index is 0. The summed E-state index contributed by atoms with van der Waals surface area (Å²) in [6.45, 7) is 7.27. The number of hydrogen-bond donors (Lipinski definition) is 2. The maximum atomic E-state index is 12.5. The number of carbonyl (C=O) groups excluding carboxylic acids is 1. The summed E-state index contributed by atoms with van der Waals surface area (Å²) in [6.07, 6.45) is 1.78. The molecule has 1 aromatic carbocycles. The van der Waals surface area contributed by atoms with Crippen LogP contribution in [0.15, 0.2) is 23.1 Å². The quantitative estimate of drug-likeness (QED) is 0.769. The van der Waals surface area contributed by atoms with Crippen molar-refractivity contribution in [2.75, 3.05) is 11.9 Å². The van der Waals surface area contributed by atoms with Gasteiger partial charge >= 0.3 is 0 Å². The van der Waals surface area contributed by atoms with E-state index in [4.69, 9.17) is 11.6 Å². The van der Waals surface area contributed by atoms with Crippen LogP contribution >= 0.6 is 35.8 Å². The summed E-state index contributed by atoms with van der Waals surface area (Å²) >= 11 is 7.97. The van der Waals surface area contributed by atoms with Crippen LogP contribution in [0, 0.1) is 5.92 Å². The normalized spacial score (nSPS) is 21.3. The van der Waals surface area contributed by atoms with Crippen molar-refractivity contribution in [3.05, 3.63) is 23.2 Å². The Kier molecular flexibility index (Phi) is 8.04. The molecule has 0 bridgehead atoms. The molecule has 1 fully saturated rings. The predicted molar refractivity (Wildman–Crippen MR) is 98.5 cm³/mol. The number of halogens is 2. The van der Waals surface area contributed by atoms with Gasteiger partial charge in [-0.25, -0.2) is 0 Å². The van der Waals surface area contributed by atoms with Gasteiger partial charge in [-0.3, -0.25) is 4.79 Å². The summed E-state index contributed by atoms with van der Waals surface area (Å²) in [5, 5.41) is 7.56. The SMILES string of the molecule is CC(C)Sc1c(Cl)cccc1NC(=O)[C@H]1CCN[C@@H](C)C1.Cl. The molecule has 0 saturated carbocycles. The molecule has 0 aliphatic carbocycles. The zero-order valence-corrected chi connectivity index (χ0v) is 15.6. The zero-order valence-electron chi connectivity index (χ0n) is 13.2. The minimum Gasteiger partial charge on any atom is -0.325 e. The standard InChI is InChI=1S/C16H23ClN2OS.ClH/c1-10(2)21-15-13(17)5-4-6-14(15)19-16(20)12-7-8-18-11(3)9-12;/h4-6,10-12,18H,7-9H2,1-3H3,(H,19,20);1H/t11-,12-;/m0./s1. The molecular weight excluding hydrogens is 339 g/mol. The molecule has 1 amide bonds. The highest BCUT2D eigenvalue weighted by atomic mass is 35.5. The molecule has 2 atom stereocenters. The number of thioether (sulfide) groups is 1. The molecule has 1 aliphatic heterocycles. The second-order valence-corrected chi connectivity index (χ2v) is 7.84. The first kappa shape index (κ1) is 19.6. The van der Waals surface area contributed by atoms with Gasteiger partial charge in [-0.05, 0) is 38.4 Å². The van der Waals surface area contributed by atoms with Gasteiger partial charge in [0, 0.05) is 22.1 Å². The number of anilines is 1. The molecule has 0 aromatic heterocycles. The summed E-state index contributed by atoms with van der Waals surface area (Å²) in [7, 11) is 0. The molecule has 2 rings (SSSR count). The van der Waals surface area contributed by atoms with Crippen LogP contribution in [-0.2, 0) is 4.79 Å². The Balaban J connectivity index is 0.00000242. The minimum atomic E-state index is 0. The van der Waals surface area contributed by atoms with Crippen LogP contribution in [-0.4, -0.2) is 23.7 Å². The van der Waals surface area contributed by atoms with Crippen molar-refractivity contribution in [2.24, 2.45) is 5.92 Å². The topological polar surface area (TPSA) is 41.1 Å². The summed E-state index contributed by atoms with van der Waals surface area (Å²) < 4.78 is 0. The van der Waals surface area contributed by atoms with Crippen LogP contribution in [0.1, 0.15) is 33.6 Å². The number of carbonyl (C=O) groups is 1. The van der Waals surface area contributed by atoms with Gasteiger partial charge in [-0.15, -0.1) is 24.2 Å². The summed E-state index contributed by atoms with van der Waals surface area (Å²) in [4.78, 5) is 13.4. The van der Waals surface area contributed by atoms with E-state index in [9.17, 15) is 4.79 Å². The van der Waals surface area contributed by atoms with Gasteiger partial charge in [0.25, 0.3) is 0 Å². The van der Waals surface area contributed by atoms with E-state index in [-0.39, 0.29) is 24.2 Å². The smallest absolute Gasteiger partial charge is 0.227 e. The first-order valence-electron chi connectivity index (χ1n) is 7.46. The molecule has 124 valence electrons. The molecule has 0 spiro atoms. The number of piperidine rings is 1. The molecule has 3 nitrogen and oxygen atoms in total. The van der Waals surface area contributed by atoms with Crippen molar-refractivity contribution in [1.29, 1.82) is 0 Å². The summed E-state index contributed by atoms with van der Waals surface area (Å²) in [5.41, 5.74) is 0.831. The largest absolute Gasteiger partial charge is 0.325 e. The second-order valence-electron chi connectivity index (χ2n) is 5.85. The van der Waals surface area contributed by atoms with Crippen LogP contribution < -0.4 is 10.6 Å². The fourth-order valence-corrected chi connectivity index (χ4v) is 3.77. The van der Waals surface area contributed by atoms with Gasteiger partial charge in [-0.2, -0.15) is 0 Å². The first-order valence-corrected chi connectivity index (χ1v) is 8.72. The highest BCUT2D eigenvalue weighted by molar-refractivity contribution is 8.00. The van der Waals surface area contributed by atoms with Crippen LogP contribution in [0.5, 0.6) is 0 Å². The highest BCUT2D eigenvalue weighted by Gasteiger charge is 2.25. The summed E-state index contributed by atoms with van der Waals surface area (Å²) in [5.74, 6) is 0.188. The van der Waals surface area contributed by atoms with E-state index in [0.717, 1.165) is 30.0 Å². The van der Waals surface area contributed by atoms with Gasteiger partial charge in [0.1, 0.15) is 0 Å². The van der Waals surface area contributed by atoms with Crippen LogP contribution in [0.3, 0.4) is 0 Å². The Bertz CT molecular complexity index is 511. The van der Waals surface area contributed by atoms with E-state index in [1.54, 1.807) is 11.8 Å². The monoisotopic (exact) mass is 362 g/mol. The van der Waals surface area contributed by atoms with Gasteiger partial charge in [-0.1, -0.05) is 31.5 Å². The Morgan fingerprint density at radius 3 is 2.82 bits per heavy atom. The number of benzene rings is 1. The molecule has 1 aromatic rings. The predicted octanol–water partition coefficient (Wildman–Crippen LogP) is 4.59. The molecule has 1 aliphatic rings. The average Bonchev–Trinajstić information content (AvgIpc) is 2.42. The average molecular weight is 363 g/mol. The van der Waals surface area contributed by atoms with E-state index in [2.05, 4.69) is 31.4 Å². The lowest BCUT2D eigenvalue weighted by atomic mass is 9.92. The van der Waals surface area contributed by atoms with Gasteiger partial charge in [0.15, 0.2) is 0 Å². The lowest BCUT2D eigenvalue weighted by Crippen LogP contribution is -2.40. The number of rotatable bonds is 4. The molecule has 6 heteroatoms. The van der Waals surface area contributed by atoms with Crippen molar-refractivity contribution < 1.29 is 4.79 Å².